The molecule has 2 heteroatoms. The Balaban J connectivity index is 1.58. The second-order valence-electron chi connectivity index (χ2n) is 5.90. The first-order valence-corrected chi connectivity index (χ1v) is 7.65. The summed E-state index contributed by atoms with van der Waals surface area (Å²) < 4.78 is 5.82. The number of hydrogen-bond donors (Lipinski definition) is 1. The second-order valence-corrected chi connectivity index (χ2v) is 5.90. The largest absolute Gasteiger partial charge is 0.379 e. The monoisotopic (exact) mass is 269 g/mol. The summed E-state index contributed by atoms with van der Waals surface area (Å²) in [7, 11) is 0. The molecule has 1 aliphatic rings. The molecule has 2 nitrogen and oxygen atoms in total. The SMILES string of the molecule is NC(COCC1CCCC1)c1ccc2ccccc2c1. The standard InChI is InChI=1S/C18H23NO/c19-18(13-20-12-14-5-1-2-6-14)17-10-9-15-7-3-4-8-16(15)11-17/h3-4,7-11,14,18H,1-2,5-6,12-13,19H2. The van der Waals surface area contributed by atoms with Gasteiger partial charge in [0.25, 0.3) is 0 Å². The topological polar surface area (TPSA) is 35.2 Å². The van der Waals surface area contributed by atoms with Crippen molar-refractivity contribution in [2.45, 2.75) is 31.7 Å². The van der Waals surface area contributed by atoms with Crippen molar-refractivity contribution in [1.82, 2.24) is 0 Å². The molecule has 0 bridgehead atoms. The summed E-state index contributed by atoms with van der Waals surface area (Å²) in [6, 6.07) is 14.8. The molecule has 1 aliphatic carbocycles. The van der Waals surface area contributed by atoms with E-state index in [1.54, 1.807) is 0 Å². The number of rotatable bonds is 5. The Hall–Kier alpha value is -1.38. The molecule has 106 valence electrons. The average Bonchev–Trinajstić information content (AvgIpc) is 3.00. The van der Waals surface area contributed by atoms with Gasteiger partial charge in [0.1, 0.15) is 0 Å². The van der Waals surface area contributed by atoms with Crippen molar-refractivity contribution in [3.05, 3.63) is 48.0 Å². The second kappa shape index (κ2) is 6.38. The maximum Gasteiger partial charge on any atom is 0.0659 e. The fourth-order valence-corrected chi connectivity index (χ4v) is 3.07. The molecule has 0 spiro atoms. The quantitative estimate of drug-likeness (QED) is 0.889. The van der Waals surface area contributed by atoms with Gasteiger partial charge in [-0.15, -0.1) is 0 Å². The lowest BCUT2D eigenvalue weighted by Crippen LogP contribution is -2.19. The molecule has 0 saturated heterocycles. The van der Waals surface area contributed by atoms with E-state index in [4.69, 9.17) is 10.5 Å². The van der Waals surface area contributed by atoms with Crippen LogP contribution in [0.25, 0.3) is 10.8 Å². The van der Waals surface area contributed by atoms with E-state index in [0.717, 1.165) is 18.1 Å². The molecule has 20 heavy (non-hydrogen) atoms. The van der Waals surface area contributed by atoms with Gasteiger partial charge in [-0.25, -0.2) is 0 Å². The van der Waals surface area contributed by atoms with Gasteiger partial charge in [-0.05, 0) is 41.2 Å². The maximum atomic E-state index is 6.25. The van der Waals surface area contributed by atoms with Crippen LogP contribution in [0.2, 0.25) is 0 Å². The minimum atomic E-state index is -0.0268. The van der Waals surface area contributed by atoms with Crippen LogP contribution in [0.4, 0.5) is 0 Å². The Morgan fingerprint density at radius 3 is 2.60 bits per heavy atom. The highest BCUT2D eigenvalue weighted by Crippen LogP contribution is 2.25. The van der Waals surface area contributed by atoms with Gasteiger partial charge < -0.3 is 10.5 Å². The van der Waals surface area contributed by atoms with Crippen LogP contribution in [0.15, 0.2) is 42.5 Å². The Bertz CT molecular complexity index is 560. The van der Waals surface area contributed by atoms with Crippen LogP contribution in [0.1, 0.15) is 37.3 Å². The van der Waals surface area contributed by atoms with Crippen molar-refractivity contribution in [3.63, 3.8) is 0 Å². The van der Waals surface area contributed by atoms with E-state index in [2.05, 4.69) is 42.5 Å². The van der Waals surface area contributed by atoms with E-state index in [1.807, 2.05) is 0 Å². The van der Waals surface area contributed by atoms with Gasteiger partial charge in [0, 0.05) is 6.61 Å². The highest BCUT2D eigenvalue weighted by atomic mass is 16.5. The molecule has 3 rings (SSSR count). The first kappa shape index (κ1) is 13.6. The first-order valence-electron chi connectivity index (χ1n) is 7.65. The third kappa shape index (κ3) is 3.20. The fourth-order valence-electron chi connectivity index (χ4n) is 3.07. The molecule has 0 radical (unpaired) electrons. The van der Waals surface area contributed by atoms with Crippen molar-refractivity contribution >= 4 is 10.8 Å². The number of ether oxygens (including phenoxy) is 1. The Labute approximate surface area is 120 Å². The van der Waals surface area contributed by atoms with Gasteiger partial charge in [0.2, 0.25) is 0 Å². The van der Waals surface area contributed by atoms with Crippen LogP contribution < -0.4 is 5.73 Å². The van der Waals surface area contributed by atoms with Crippen LogP contribution in [0.5, 0.6) is 0 Å². The zero-order valence-electron chi connectivity index (χ0n) is 11.9. The average molecular weight is 269 g/mol. The molecular formula is C18H23NO. The summed E-state index contributed by atoms with van der Waals surface area (Å²) in [5.41, 5.74) is 7.41. The van der Waals surface area contributed by atoms with Crippen molar-refractivity contribution in [3.8, 4) is 0 Å². The minimum absolute atomic E-state index is 0.0268. The number of nitrogens with two attached hydrogens (primary N) is 1. The van der Waals surface area contributed by atoms with E-state index in [0.29, 0.717) is 6.61 Å². The van der Waals surface area contributed by atoms with Crippen molar-refractivity contribution in [2.75, 3.05) is 13.2 Å². The smallest absolute Gasteiger partial charge is 0.0659 e. The number of fused-ring (bicyclic) bond motifs is 1. The van der Waals surface area contributed by atoms with Gasteiger partial charge in [0.15, 0.2) is 0 Å². The van der Waals surface area contributed by atoms with E-state index >= 15 is 0 Å². The summed E-state index contributed by atoms with van der Waals surface area (Å²) in [6.45, 7) is 1.50. The van der Waals surface area contributed by atoms with E-state index < -0.39 is 0 Å². The number of hydrogen-bond acceptors (Lipinski definition) is 2. The Morgan fingerprint density at radius 1 is 1.05 bits per heavy atom. The fraction of sp³-hybridized carbons (Fsp3) is 0.444. The van der Waals surface area contributed by atoms with Gasteiger partial charge in [-0.3, -0.25) is 0 Å². The summed E-state index contributed by atoms with van der Waals surface area (Å²) in [4.78, 5) is 0. The molecule has 1 atom stereocenters. The van der Waals surface area contributed by atoms with E-state index in [9.17, 15) is 0 Å². The predicted octanol–water partition coefficient (Wildman–Crippen LogP) is 4.05. The van der Waals surface area contributed by atoms with Crippen molar-refractivity contribution < 1.29 is 4.74 Å². The van der Waals surface area contributed by atoms with E-state index in [-0.39, 0.29) is 6.04 Å². The van der Waals surface area contributed by atoms with Crippen LogP contribution in [-0.4, -0.2) is 13.2 Å². The highest BCUT2D eigenvalue weighted by molar-refractivity contribution is 5.83. The molecule has 1 fully saturated rings. The van der Waals surface area contributed by atoms with Crippen LogP contribution >= 0.6 is 0 Å². The molecule has 0 amide bonds. The van der Waals surface area contributed by atoms with Crippen LogP contribution in [0.3, 0.4) is 0 Å². The molecule has 1 unspecified atom stereocenters. The zero-order chi connectivity index (χ0) is 13.8. The molecule has 2 aromatic rings. The lowest BCUT2D eigenvalue weighted by atomic mass is 10.0. The van der Waals surface area contributed by atoms with Gasteiger partial charge in [-0.1, -0.05) is 49.2 Å². The molecule has 0 aromatic heterocycles. The molecule has 2 N–H and O–H groups in total. The molecule has 2 aromatic carbocycles. The molecular weight excluding hydrogens is 246 g/mol. The predicted molar refractivity (Wildman–Crippen MR) is 83.7 cm³/mol. The van der Waals surface area contributed by atoms with Crippen LogP contribution in [0, 0.1) is 5.92 Å². The highest BCUT2D eigenvalue weighted by Gasteiger charge is 2.15. The maximum absolute atomic E-state index is 6.25. The summed E-state index contributed by atoms with van der Waals surface area (Å²) in [6.07, 6.45) is 5.38. The van der Waals surface area contributed by atoms with E-state index in [1.165, 1.54) is 36.5 Å². The lowest BCUT2D eigenvalue weighted by molar-refractivity contribution is 0.0905. The number of benzene rings is 2. The first-order chi connectivity index (χ1) is 9.83. The lowest BCUT2D eigenvalue weighted by Gasteiger charge is -2.15. The molecule has 0 aliphatic heterocycles. The molecule has 1 saturated carbocycles. The van der Waals surface area contributed by atoms with Gasteiger partial charge in [-0.2, -0.15) is 0 Å². The van der Waals surface area contributed by atoms with Crippen molar-refractivity contribution in [1.29, 1.82) is 0 Å². The minimum Gasteiger partial charge on any atom is -0.379 e. The van der Waals surface area contributed by atoms with Crippen LogP contribution in [-0.2, 0) is 4.74 Å². The normalized spacial score (nSPS) is 17.6. The third-order valence-corrected chi connectivity index (χ3v) is 4.33. The summed E-state index contributed by atoms with van der Waals surface area (Å²) in [5.74, 6) is 0.763. The molecule has 0 heterocycles. The van der Waals surface area contributed by atoms with Crippen molar-refractivity contribution in [2.24, 2.45) is 11.7 Å². The zero-order valence-corrected chi connectivity index (χ0v) is 11.9. The Morgan fingerprint density at radius 2 is 1.80 bits per heavy atom. The summed E-state index contributed by atoms with van der Waals surface area (Å²) >= 11 is 0. The summed E-state index contributed by atoms with van der Waals surface area (Å²) in [5, 5.41) is 2.51. The third-order valence-electron chi connectivity index (χ3n) is 4.33. The Kier molecular flexibility index (Phi) is 4.34. The van der Waals surface area contributed by atoms with Gasteiger partial charge in [0.05, 0.1) is 12.6 Å². The van der Waals surface area contributed by atoms with Gasteiger partial charge >= 0.3 is 0 Å².